The fraction of sp³-hybridized carbons (Fsp3) is 0.176. The lowest BCUT2D eigenvalue weighted by molar-refractivity contribution is 0.0727. The van der Waals surface area contributed by atoms with E-state index in [9.17, 15) is 9.59 Å². The second-order valence-electron chi connectivity index (χ2n) is 5.22. The smallest absolute Gasteiger partial charge is 0.255 e. The molecule has 22 heavy (non-hydrogen) atoms. The van der Waals surface area contributed by atoms with Gasteiger partial charge in [-0.05, 0) is 25.1 Å². The summed E-state index contributed by atoms with van der Waals surface area (Å²) in [5, 5.41) is 1.01. The minimum absolute atomic E-state index is 0.177. The number of hydrogen-bond donors (Lipinski definition) is 1. The summed E-state index contributed by atoms with van der Waals surface area (Å²) in [7, 11) is 1.71. The maximum atomic E-state index is 12.4. The summed E-state index contributed by atoms with van der Waals surface area (Å²) < 4.78 is 5.80. The van der Waals surface area contributed by atoms with Crippen LogP contribution in [0.2, 0.25) is 0 Å². The highest BCUT2D eigenvalue weighted by molar-refractivity contribution is 5.94. The van der Waals surface area contributed by atoms with Crippen molar-refractivity contribution in [1.29, 1.82) is 0 Å². The lowest BCUT2D eigenvalue weighted by Crippen LogP contribution is -2.29. The van der Waals surface area contributed by atoms with Gasteiger partial charge < -0.3 is 14.3 Å². The molecular formula is C17H16N2O3. The number of furan rings is 1. The highest BCUT2D eigenvalue weighted by Crippen LogP contribution is 2.27. The van der Waals surface area contributed by atoms with Crippen molar-refractivity contribution in [2.45, 2.75) is 13.0 Å². The molecule has 0 aliphatic heterocycles. The van der Waals surface area contributed by atoms with Gasteiger partial charge in [0, 0.05) is 24.7 Å². The molecule has 5 heteroatoms. The number of aromatic amines is 1. The number of nitrogens with one attached hydrogen (secondary N) is 1. The van der Waals surface area contributed by atoms with E-state index >= 15 is 0 Å². The van der Waals surface area contributed by atoms with Crippen molar-refractivity contribution in [3.63, 3.8) is 0 Å². The predicted octanol–water partition coefficient (Wildman–Crippen LogP) is 2.95. The molecule has 3 aromatic rings. The predicted molar refractivity (Wildman–Crippen MR) is 83.8 cm³/mol. The second kappa shape index (κ2) is 5.52. The molecule has 5 nitrogen and oxygen atoms in total. The quantitative estimate of drug-likeness (QED) is 0.808. The number of benzene rings is 1. The van der Waals surface area contributed by atoms with E-state index in [-0.39, 0.29) is 17.5 Å². The fourth-order valence-corrected chi connectivity index (χ4v) is 2.32. The first kappa shape index (κ1) is 14.1. The van der Waals surface area contributed by atoms with Crippen LogP contribution in [0.3, 0.4) is 0 Å². The summed E-state index contributed by atoms with van der Waals surface area (Å²) in [6.07, 6.45) is 1.42. The molecule has 0 aliphatic rings. The first-order valence-electron chi connectivity index (χ1n) is 7.00. The Morgan fingerprint density at radius 1 is 1.23 bits per heavy atom. The van der Waals surface area contributed by atoms with Crippen molar-refractivity contribution in [2.24, 2.45) is 0 Å². The molecule has 0 bridgehead atoms. The number of rotatable bonds is 3. The number of para-hydroxylation sites is 1. The first-order valence-corrected chi connectivity index (χ1v) is 7.00. The molecule has 1 N–H and O–H groups in total. The highest BCUT2D eigenvalue weighted by atomic mass is 16.3. The van der Waals surface area contributed by atoms with Gasteiger partial charge in [-0.15, -0.1) is 0 Å². The Labute approximate surface area is 127 Å². The van der Waals surface area contributed by atoms with Gasteiger partial charge in [-0.3, -0.25) is 9.59 Å². The number of hydrogen-bond acceptors (Lipinski definition) is 3. The van der Waals surface area contributed by atoms with Gasteiger partial charge in [0.15, 0.2) is 0 Å². The van der Waals surface area contributed by atoms with Gasteiger partial charge in [-0.1, -0.05) is 18.2 Å². The number of pyridine rings is 1. The van der Waals surface area contributed by atoms with Gasteiger partial charge >= 0.3 is 0 Å². The monoisotopic (exact) mass is 296 g/mol. The van der Waals surface area contributed by atoms with Crippen LogP contribution in [0.5, 0.6) is 0 Å². The molecular weight excluding hydrogens is 280 g/mol. The molecule has 0 aliphatic carbocycles. The molecule has 1 amide bonds. The lowest BCUT2D eigenvalue weighted by Gasteiger charge is -2.23. The molecule has 0 spiro atoms. The number of carbonyl (C=O) groups is 1. The SMILES string of the molecule is C[C@H](c1cc2ccccc2o1)N(C)C(=O)c1ccc(=O)[nH]c1. The van der Waals surface area contributed by atoms with Crippen molar-refractivity contribution in [2.75, 3.05) is 7.05 Å². The molecule has 2 aromatic heterocycles. The van der Waals surface area contributed by atoms with Gasteiger partial charge in [-0.2, -0.15) is 0 Å². The Hall–Kier alpha value is -2.82. The molecule has 1 atom stereocenters. The second-order valence-corrected chi connectivity index (χ2v) is 5.22. The van der Waals surface area contributed by atoms with Crippen LogP contribution >= 0.6 is 0 Å². The Bertz CT molecular complexity index is 825. The zero-order chi connectivity index (χ0) is 15.7. The Balaban J connectivity index is 1.87. The van der Waals surface area contributed by atoms with Crippen LogP contribution in [-0.2, 0) is 0 Å². The third-order valence-corrected chi connectivity index (χ3v) is 3.79. The van der Waals surface area contributed by atoms with E-state index in [1.807, 2.05) is 37.3 Å². The number of amides is 1. The molecule has 0 unspecified atom stereocenters. The Kier molecular flexibility index (Phi) is 3.55. The topological polar surface area (TPSA) is 66.3 Å². The van der Waals surface area contributed by atoms with E-state index in [2.05, 4.69) is 4.98 Å². The molecule has 0 saturated heterocycles. The van der Waals surface area contributed by atoms with Crippen LogP contribution in [0, 0.1) is 0 Å². The Morgan fingerprint density at radius 3 is 2.68 bits per heavy atom. The van der Waals surface area contributed by atoms with Gasteiger partial charge in [0.05, 0.1) is 11.6 Å². The normalized spacial score (nSPS) is 12.3. The number of aromatic nitrogens is 1. The fourth-order valence-electron chi connectivity index (χ4n) is 2.32. The summed E-state index contributed by atoms with van der Waals surface area (Å²) in [6.45, 7) is 1.90. The minimum Gasteiger partial charge on any atom is -0.459 e. The van der Waals surface area contributed by atoms with Crippen LogP contribution in [0.15, 0.2) is 57.9 Å². The maximum Gasteiger partial charge on any atom is 0.255 e. The van der Waals surface area contributed by atoms with E-state index in [0.717, 1.165) is 16.7 Å². The molecule has 0 radical (unpaired) electrons. The zero-order valence-corrected chi connectivity index (χ0v) is 12.4. The summed E-state index contributed by atoms with van der Waals surface area (Å²) in [5.41, 5.74) is 1.00. The summed E-state index contributed by atoms with van der Waals surface area (Å²) >= 11 is 0. The maximum absolute atomic E-state index is 12.4. The van der Waals surface area contributed by atoms with Crippen molar-refractivity contribution in [1.82, 2.24) is 9.88 Å². The Morgan fingerprint density at radius 2 is 2.00 bits per heavy atom. The first-order chi connectivity index (χ1) is 10.6. The lowest BCUT2D eigenvalue weighted by atomic mass is 10.1. The van der Waals surface area contributed by atoms with Crippen LogP contribution in [0.1, 0.15) is 29.1 Å². The third kappa shape index (κ3) is 2.53. The molecule has 112 valence electrons. The molecule has 1 aromatic carbocycles. The molecule has 0 fully saturated rings. The van der Waals surface area contributed by atoms with Crippen molar-refractivity contribution < 1.29 is 9.21 Å². The van der Waals surface area contributed by atoms with E-state index < -0.39 is 0 Å². The van der Waals surface area contributed by atoms with E-state index in [1.54, 1.807) is 11.9 Å². The van der Waals surface area contributed by atoms with Crippen molar-refractivity contribution in [3.05, 3.63) is 70.3 Å². The van der Waals surface area contributed by atoms with E-state index in [0.29, 0.717) is 5.56 Å². The standard InChI is InChI=1S/C17H16N2O3/c1-11(15-9-12-5-3-4-6-14(12)22-15)19(2)17(21)13-7-8-16(20)18-10-13/h3-11H,1-2H3,(H,18,20)/t11-/m1/s1. The van der Waals surface area contributed by atoms with Crippen molar-refractivity contribution in [3.8, 4) is 0 Å². The average molecular weight is 296 g/mol. The minimum atomic E-state index is -0.232. The number of nitrogens with zero attached hydrogens (tertiary/aromatic N) is 1. The summed E-state index contributed by atoms with van der Waals surface area (Å²) in [5.74, 6) is 0.547. The van der Waals surface area contributed by atoms with Crippen LogP contribution in [0.4, 0.5) is 0 Å². The van der Waals surface area contributed by atoms with Crippen LogP contribution < -0.4 is 5.56 Å². The van der Waals surface area contributed by atoms with Crippen LogP contribution in [0.25, 0.3) is 11.0 Å². The van der Waals surface area contributed by atoms with Gasteiger partial charge in [0.25, 0.3) is 5.91 Å². The number of carbonyl (C=O) groups excluding carboxylic acids is 1. The average Bonchev–Trinajstić information content (AvgIpc) is 2.97. The summed E-state index contributed by atoms with van der Waals surface area (Å²) in [6, 6.07) is 12.3. The third-order valence-electron chi connectivity index (χ3n) is 3.79. The molecule has 3 rings (SSSR count). The van der Waals surface area contributed by atoms with Gasteiger partial charge in [-0.25, -0.2) is 0 Å². The van der Waals surface area contributed by atoms with Gasteiger partial charge in [0.1, 0.15) is 11.3 Å². The molecule has 0 saturated carbocycles. The largest absolute Gasteiger partial charge is 0.459 e. The molecule has 2 heterocycles. The van der Waals surface area contributed by atoms with Crippen molar-refractivity contribution >= 4 is 16.9 Å². The van der Waals surface area contributed by atoms with E-state index in [4.69, 9.17) is 4.42 Å². The van der Waals surface area contributed by atoms with Gasteiger partial charge in [0.2, 0.25) is 5.56 Å². The number of fused-ring (bicyclic) bond motifs is 1. The highest BCUT2D eigenvalue weighted by Gasteiger charge is 2.21. The summed E-state index contributed by atoms with van der Waals surface area (Å²) in [4.78, 5) is 27.6. The zero-order valence-electron chi connectivity index (χ0n) is 12.4. The van der Waals surface area contributed by atoms with Crippen LogP contribution in [-0.4, -0.2) is 22.8 Å². The number of H-pyrrole nitrogens is 1. The van der Waals surface area contributed by atoms with E-state index in [1.165, 1.54) is 18.3 Å².